The van der Waals surface area contributed by atoms with Crippen molar-refractivity contribution in [1.29, 1.82) is 0 Å². The van der Waals surface area contributed by atoms with Gasteiger partial charge in [-0.3, -0.25) is 14.5 Å². The Morgan fingerprint density at radius 2 is 2.26 bits per heavy atom. The molecule has 1 N–H and O–H groups in total. The minimum absolute atomic E-state index is 0.0470. The van der Waals surface area contributed by atoms with Crippen molar-refractivity contribution in [3.8, 4) is 0 Å². The smallest absolute Gasteiger partial charge is 0.358 e. The summed E-state index contributed by atoms with van der Waals surface area (Å²) in [6.07, 6.45) is 1.27. The molecule has 1 saturated heterocycles. The van der Waals surface area contributed by atoms with E-state index in [0.29, 0.717) is 5.17 Å². The molecule has 1 aromatic heterocycles. The minimum Gasteiger partial charge on any atom is -0.469 e. The first kappa shape index (κ1) is 17.0. The SMILES string of the molecule is CCOC(=O)c1[nH]cnc1N=C1SC(CC(=O)OC)C(=O)N1C. The molecule has 2 heterocycles. The van der Waals surface area contributed by atoms with Crippen molar-refractivity contribution in [2.24, 2.45) is 4.99 Å². The topological polar surface area (TPSA) is 114 Å². The van der Waals surface area contributed by atoms with Crippen molar-refractivity contribution >= 4 is 40.6 Å². The fraction of sp³-hybridized carbons (Fsp3) is 0.462. The van der Waals surface area contributed by atoms with Gasteiger partial charge in [0.15, 0.2) is 16.7 Å². The van der Waals surface area contributed by atoms with E-state index in [4.69, 9.17) is 4.74 Å². The number of carbonyl (C=O) groups excluding carboxylic acids is 3. The predicted molar refractivity (Wildman–Crippen MR) is 82.4 cm³/mol. The minimum atomic E-state index is -0.601. The zero-order valence-corrected chi connectivity index (χ0v) is 13.7. The van der Waals surface area contributed by atoms with E-state index < -0.39 is 17.2 Å². The number of thioether (sulfide) groups is 1. The summed E-state index contributed by atoms with van der Waals surface area (Å²) in [7, 11) is 2.81. The van der Waals surface area contributed by atoms with E-state index >= 15 is 0 Å². The van der Waals surface area contributed by atoms with E-state index in [2.05, 4.69) is 19.7 Å². The first-order valence-electron chi connectivity index (χ1n) is 6.78. The number of hydrogen-bond acceptors (Lipinski definition) is 8. The first-order valence-corrected chi connectivity index (χ1v) is 7.66. The van der Waals surface area contributed by atoms with Crippen LogP contribution in [0.4, 0.5) is 5.82 Å². The molecule has 23 heavy (non-hydrogen) atoms. The number of amides is 1. The summed E-state index contributed by atoms with van der Waals surface area (Å²) in [5.41, 5.74) is 0.109. The Morgan fingerprint density at radius 3 is 2.91 bits per heavy atom. The van der Waals surface area contributed by atoms with Gasteiger partial charge in [-0.25, -0.2) is 14.8 Å². The van der Waals surface area contributed by atoms with Gasteiger partial charge in [0, 0.05) is 7.05 Å². The molecule has 1 atom stereocenters. The molecule has 9 nitrogen and oxygen atoms in total. The second kappa shape index (κ2) is 7.27. The van der Waals surface area contributed by atoms with Gasteiger partial charge < -0.3 is 14.5 Å². The summed E-state index contributed by atoms with van der Waals surface area (Å²) in [6, 6.07) is 0. The average molecular weight is 340 g/mol. The Morgan fingerprint density at radius 1 is 1.52 bits per heavy atom. The lowest BCUT2D eigenvalue weighted by Crippen LogP contribution is -2.29. The number of H-pyrrole nitrogens is 1. The van der Waals surface area contributed by atoms with Gasteiger partial charge in [-0.05, 0) is 6.92 Å². The van der Waals surface area contributed by atoms with E-state index in [0.717, 1.165) is 11.8 Å². The molecule has 1 unspecified atom stereocenters. The summed E-state index contributed by atoms with van der Waals surface area (Å²) in [4.78, 5) is 47.4. The molecule has 10 heteroatoms. The molecule has 1 fully saturated rings. The van der Waals surface area contributed by atoms with E-state index in [1.807, 2.05) is 0 Å². The van der Waals surface area contributed by atoms with Gasteiger partial charge in [0.05, 0.1) is 26.5 Å². The summed E-state index contributed by atoms with van der Waals surface area (Å²) < 4.78 is 9.47. The fourth-order valence-electron chi connectivity index (χ4n) is 1.85. The van der Waals surface area contributed by atoms with Crippen LogP contribution in [0, 0.1) is 0 Å². The van der Waals surface area contributed by atoms with Crippen LogP contribution < -0.4 is 0 Å². The second-order valence-corrected chi connectivity index (χ2v) is 5.67. The van der Waals surface area contributed by atoms with Crippen LogP contribution >= 0.6 is 11.8 Å². The number of aromatic amines is 1. The lowest BCUT2D eigenvalue weighted by atomic mass is 10.3. The van der Waals surface area contributed by atoms with E-state index in [1.165, 1.54) is 18.3 Å². The Kier molecular flexibility index (Phi) is 5.37. The van der Waals surface area contributed by atoms with Gasteiger partial charge in [-0.15, -0.1) is 0 Å². The standard InChI is InChI=1S/C13H16N4O5S/c1-4-22-12(20)9-10(15-6-14-9)16-13-17(2)11(19)7(23-13)5-8(18)21-3/h6-7H,4-5H2,1-3H3,(H,14,15). The number of aromatic nitrogens is 2. The highest BCUT2D eigenvalue weighted by atomic mass is 32.2. The van der Waals surface area contributed by atoms with E-state index in [1.54, 1.807) is 14.0 Å². The third-order valence-electron chi connectivity index (χ3n) is 3.02. The van der Waals surface area contributed by atoms with Crippen molar-refractivity contribution < 1.29 is 23.9 Å². The zero-order valence-electron chi connectivity index (χ0n) is 12.9. The third-order valence-corrected chi connectivity index (χ3v) is 4.25. The number of methoxy groups -OCH3 is 1. The molecule has 1 aliphatic heterocycles. The lowest BCUT2D eigenvalue weighted by Gasteiger charge is -2.08. The van der Waals surface area contributed by atoms with Crippen molar-refractivity contribution in [3.05, 3.63) is 12.0 Å². The Balaban J connectivity index is 2.20. The highest BCUT2D eigenvalue weighted by Gasteiger charge is 2.37. The quantitative estimate of drug-likeness (QED) is 0.785. The molecule has 0 radical (unpaired) electrons. The van der Waals surface area contributed by atoms with Crippen LogP contribution in [0.25, 0.3) is 0 Å². The molecule has 1 aromatic rings. The Hall–Kier alpha value is -2.36. The molecule has 0 aliphatic carbocycles. The molecular formula is C13H16N4O5S. The Bertz CT molecular complexity index is 657. The number of hydrogen-bond donors (Lipinski definition) is 1. The van der Waals surface area contributed by atoms with Crippen LogP contribution in [0.5, 0.6) is 0 Å². The number of imidazole rings is 1. The molecule has 0 aromatic carbocycles. The van der Waals surface area contributed by atoms with E-state index in [-0.39, 0.29) is 30.4 Å². The summed E-state index contributed by atoms with van der Waals surface area (Å²) in [5, 5.41) is -0.252. The first-order chi connectivity index (χ1) is 11.0. The van der Waals surface area contributed by atoms with Crippen LogP contribution in [0.15, 0.2) is 11.3 Å². The van der Waals surface area contributed by atoms with Crippen molar-refractivity contribution in [2.75, 3.05) is 20.8 Å². The molecule has 2 rings (SSSR count). The number of aliphatic imine (C=N–C) groups is 1. The lowest BCUT2D eigenvalue weighted by molar-refractivity contribution is -0.142. The molecular weight excluding hydrogens is 324 g/mol. The maximum absolute atomic E-state index is 12.1. The number of ether oxygens (including phenoxy) is 2. The number of rotatable bonds is 5. The molecule has 1 amide bonds. The Labute approximate surface area is 136 Å². The zero-order chi connectivity index (χ0) is 17.0. The number of nitrogens with one attached hydrogen (secondary N) is 1. The van der Waals surface area contributed by atoms with Crippen LogP contribution in [0.2, 0.25) is 0 Å². The van der Waals surface area contributed by atoms with Crippen molar-refractivity contribution in [1.82, 2.24) is 14.9 Å². The largest absolute Gasteiger partial charge is 0.469 e. The van der Waals surface area contributed by atoms with Gasteiger partial charge in [0.25, 0.3) is 0 Å². The molecule has 0 saturated carbocycles. The summed E-state index contributed by atoms with van der Waals surface area (Å²) >= 11 is 1.12. The number of nitrogens with zero attached hydrogens (tertiary/aromatic N) is 3. The predicted octanol–water partition coefficient (Wildman–Crippen LogP) is 0.711. The van der Waals surface area contributed by atoms with Crippen LogP contribution in [-0.4, -0.2) is 63.9 Å². The van der Waals surface area contributed by atoms with Gasteiger partial charge in [-0.1, -0.05) is 11.8 Å². The molecule has 0 spiro atoms. The summed E-state index contributed by atoms with van der Waals surface area (Å²) in [6.45, 7) is 1.92. The highest BCUT2D eigenvalue weighted by molar-refractivity contribution is 8.15. The van der Waals surface area contributed by atoms with Gasteiger partial charge >= 0.3 is 11.9 Å². The average Bonchev–Trinajstić information content (AvgIpc) is 3.09. The van der Waals surface area contributed by atoms with Gasteiger partial charge in [0.2, 0.25) is 5.91 Å². The normalized spacial score (nSPS) is 19.3. The fourth-order valence-corrected chi connectivity index (χ4v) is 2.97. The summed E-state index contributed by atoms with van der Waals surface area (Å²) in [5.74, 6) is -1.18. The van der Waals surface area contributed by atoms with Crippen LogP contribution in [0.3, 0.4) is 0 Å². The monoisotopic (exact) mass is 340 g/mol. The van der Waals surface area contributed by atoms with Crippen LogP contribution in [-0.2, 0) is 19.1 Å². The van der Waals surface area contributed by atoms with Gasteiger partial charge in [0.1, 0.15) is 5.25 Å². The second-order valence-electron chi connectivity index (χ2n) is 4.50. The van der Waals surface area contributed by atoms with Crippen molar-refractivity contribution in [3.63, 3.8) is 0 Å². The number of carbonyl (C=O) groups is 3. The number of amidine groups is 1. The highest BCUT2D eigenvalue weighted by Crippen LogP contribution is 2.30. The van der Waals surface area contributed by atoms with Crippen LogP contribution in [0.1, 0.15) is 23.8 Å². The van der Waals surface area contributed by atoms with Gasteiger partial charge in [-0.2, -0.15) is 0 Å². The number of esters is 2. The third kappa shape index (κ3) is 3.70. The molecule has 124 valence electrons. The van der Waals surface area contributed by atoms with E-state index in [9.17, 15) is 14.4 Å². The molecule has 0 bridgehead atoms. The maximum atomic E-state index is 12.1. The maximum Gasteiger partial charge on any atom is 0.358 e. The van der Waals surface area contributed by atoms with Crippen molar-refractivity contribution in [2.45, 2.75) is 18.6 Å². The molecule has 1 aliphatic rings.